The van der Waals surface area contributed by atoms with E-state index < -0.39 is 0 Å². The summed E-state index contributed by atoms with van der Waals surface area (Å²) in [5.41, 5.74) is 3.94. The molecule has 2 heterocycles. The number of nitrogens with one attached hydrogen (secondary N) is 1. The molecule has 1 atom stereocenters. The van der Waals surface area contributed by atoms with Crippen LogP contribution in [-0.4, -0.2) is 30.7 Å². The molecule has 0 unspecified atom stereocenters. The summed E-state index contributed by atoms with van der Waals surface area (Å²) in [4.78, 5) is 16.8. The molecule has 0 fully saturated rings. The van der Waals surface area contributed by atoms with Gasteiger partial charge in [0.2, 0.25) is 5.91 Å². The number of benzene rings is 1. The summed E-state index contributed by atoms with van der Waals surface area (Å²) in [6, 6.07) is 9.88. The van der Waals surface area contributed by atoms with Crippen LogP contribution in [0.4, 0.5) is 5.69 Å². The van der Waals surface area contributed by atoms with E-state index in [-0.39, 0.29) is 11.2 Å². The van der Waals surface area contributed by atoms with E-state index >= 15 is 0 Å². The Balaban J connectivity index is 1.73. The highest BCUT2D eigenvalue weighted by molar-refractivity contribution is 8.00. The molecular formula is C18H21N5OS. The quantitative estimate of drug-likeness (QED) is 0.710. The van der Waals surface area contributed by atoms with E-state index in [0.717, 1.165) is 23.5 Å². The van der Waals surface area contributed by atoms with Gasteiger partial charge in [0, 0.05) is 17.1 Å². The number of aryl methyl sites for hydroxylation is 3. The molecular weight excluding hydrogens is 334 g/mol. The van der Waals surface area contributed by atoms with Crippen LogP contribution in [0.25, 0.3) is 5.78 Å². The fourth-order valence-electron chi connectivity index (χ4n) is 2.56. The zero-order valence-electron chi connectivity index (χ0n) is 14.8. The van der Waals surface area contributed by atoms with E-state index in [1.165, 1.54) is 17.3 Å². The molecule has 0 aliphatic heterocycles. The highest BCUT2D eigenvalue weighted by atomic mass is 32.2. The summed E-state index contributed by atoms with van der Waals surface area (Å²) in [7, 11) is 0. The topological polar surface area (TPSA) is 72.2 Å². The lowest BCUT2D eigenvalue weighted by molar-refractivity contribution is -0.115. The minimum absolute atomic E-state index is 0.0660. The Bertz CT molecular complexity index is 904. The minimum Gasteiger partial charge on any atom is -0.325 e. The van der Waals surface area contributed by atoms with E-state index in [1.807, 2.05) is 55.5 Å². The van der Waals surface area contributed by atoms with Gasteiger partial charge in [-0.25, -0.2) is 4.98 Å². The van der Waals surface area contributed by atoms with Gasteiger partial charge in [0.05, 0.1) is 5.25 Å². The first kappa shape index (κ1) is 17.4. The van der Waals surface area contributed by atoms with Gasteiger partial charge in [0.1, 0.15) is 0 Å². The summed E-state index contributed by atoms with van der Waals surface area (Å²) in [6.07, 6.45) is 0.979. The molecule has 0 spiro atoms. The summed E-state index contributed by atoms with van der Waals surface area (Å²) < 4.78 is 1.87. The van der Waals surface area contributed by atoms with Gasteiger partial charge in [-0.05, 0) is 51.0 Å². The highest BCUT2D eigenvalue weighted by Crippen LogP contribution is 2.24. The fraction of sp³-hybridized carbons (Fsp3) is 0.333. The van der Waals surface area contributed by atoms with E-state index in [9.17, 15) is 4.79 Å². The molecule has 3 aromatic rings. The molecule has 0 aliphatic rings. The first-order valence-electron chi connectivity index (χ1n) is 8.23. The van der Waals surface area contributed by atoms with Crippen molar-refractivity contribution in [2.75, 3.05) is 5.32 Å². The Hall–Kier alpha value is -2.41. The van der Waals surface area contributed by atoms with Gasteiger partial charge >= 0.3 is 0 Å². The molecule has 1 amide bonds. The summed E-state index contributed by atoms with van der Waals surface area (Å²) in [6.45, 7) is 7.87. The van der Waals surface area contributed by atoms with Gasteiger partial charge in [-0.15, -0.1) is 10.2 Å². The van der Waals surface area contributed by atoms with Crippen LogP contribution >= 0.6 is 11.8 Å². The zero-order valence-corrected chi connectivity index (χ0v) is 15.6. The van der Waals surface area contributed by atoms with E-state index in [2.05, 4.69) is 27.4 Å². The number of aromatic nitrogens is 4. The minimum atomic E-state index is -0.307. The summed E-state index contributed by atoms with van der Waals surface area (Å²) in [5, 5.41) is 11.6. The van der Waals surface area contributed by atoms with Gasteiger partial charge in [0.25, 0.3) is 5.78 Å². The second-order valence-electron chi connectivity index (χ2n) is 5.96. The SMILES string of the molecule is CCc1ccc(NC(=O)[C@@H](C)Sc2nnc3nc(C)cc(C)n23)cc1. The summed E-state index contributed by atoms with van der Waals surface area (Å²) >= 11 is 1.37. The zero-order chi connectivity index (χ0) is 18.0. The molecule has 0 bridgehead atoms. The van der Waals surface area contributed by atoms with E-state index in [4.69, 9.17) is 0 Å². The predicted molar refractivity (Wildman–Crippen MR) is 100 cm³/mol. The number of thioether (sulfide) groups is 1. The van der Waals surface area contributed by atoms with Crippen molar-refractivity contribution in [1.29, 1.82) is 0 Å². The van der Waals surface area contributed by atoms with Crippen LogP contribution in [0.15, 0.2) is 35.5 Å². The van der Waals surface area contributed by atoms with Crippen molar-refractivity contribution in [3.05, 3.63) is 47.3 Å². The molecule has 0 radical (unpaired) electrons. The molecule has 1 N–H and O–H groups in total. The van der Waals surface area contributed by atoms with Gasteiger partial charge < -0.3 is 5.32 Å². The van der Waals surface area contributed by atoms with Gasteiger partial charge in [-0.3, -0.25) is 9.20 Å². The van der Waals surface area contributed by atoms with Crippen molar-refractivity contribution in [2.45, 2.75) is 44.5 Å². The lowest BCUT2D eigenvalue weighted by Gasteiger charge is -2.12. The molecule has 130 valence electrons. The maximum Gasteiger partial charge on any atom is 0.256 e. The number of hydrogen-bond donors (Lipinski definition) is 1. The maximum atomic E-state index is 12.5. The van der Waals surface area contributed by atoms with Crippen LogP contribution in [0.2, 0.25) is 0 Å². The average Bonchev–Trinajstić information content (AvgIpc) is 2.98. The Morgan fingerprint density at radius 3 is 2.64 bits per heavy atom. The molecule has 3 rings (SSSR count). The van der Waals surface area contributed by atoms with Crippen molar-refractivity contribution >= 4 is 29.1 Å². The summed E-state index contributed by atoms with van der Waals surface area (Å²) in [5.74, 6) is 0.492. The Morgan fingerprint density at radius 1 is 1.24 bits per heavy atom. The molecule has 0 saturated carbocycles. The Kier molecular flexibility index (Phi) is 5.03. The monoisotopic (exact) mass is 355 g/mol. The van der Waals surface area contributed by atoms with Crippen molar-refractivity contribution < 1.29 is 4.79 Å². The Labute approximate surface area is 151 Å². The third-order valence-electron chi connectivity index (χ3n) is 3.94. The smallest absolute Gasteiger partial charge is 0.256 e. The lowest BCUT2D eigenvalue weighted by Crippen LogP contribution is -2.22. The third-order valence-corrected chi connectivity index (χ3v) is 4.99. The molecule has 25 heavy (non-hydrogen) atoms. The molecule has 1 aromatic carbocycles. The number of hydrogen-bond acceptors (Lipinski definition) is 5. The molecule has 2 aromatic heterocycles. The van der Waals surface area contributed by atoms with Crippen LogP contribution in [0, 0.1) is 13.8 Å². The standard InChI is InChI=1S/C18H21N5OS/c1-5-14-6-8-15(9-7-14)20-16(24)13(4)25-18-22-21-17-19-11(2)10-12(3)23(17)18/h6-10,13H,5H2,1-4H3,(H,20,24)/t13-/m1/s1. The van der Waals surface area contributed by atoms with Gasteiger partial charge in [-0.2, -0.15) is 0 Å². The fourth-order valence-corrected chi connectivity index (χ4v) is 3.46. The molecule has 6 nitrogen and oxygen atoms in total. The molecule has 0 saturated heterocycles. The van der Waals surface area contributed by atoms with Crippen molar-refractivity contribution in [2.24, 2.45) is 0 Å². The number of amides is 1. The van der Waals surface area contributed by atoms with Crippen molar-refractivity contribution in [3.8, 4) is 0 Å². The van der Waals surface area contributed by atoms with Crippen molar-refractivity contribution in [3.63, 3.8) is 0 Å². The van der Waals surface area contributed by atoms with Gasteiger partial charge in [0.15, 0.2) is 5.16 Å². The highest BCUT2D eigenvalue weighted by Gasteiger charge is 2.19. The van der Waals surface area contributed by atoms with Crippen LogP contribution in [0.3, 0.4) is 0 Å². The normalized spacial score (nSPS) is 12.3. The van der Waals surface area contributed by atoms with E-state index in [0.29, 0.717) is 10.9 Å². The first-order chi connectivity index (χ1) is 12.0. The van der Waals surface area contributed by atoms with Crippen LogP contribution in [-0.2, 0) is 11.2 Å². The largest absolute Gasteiger partial charge is 0.325 e. The number of carbonyl (C=O) groups is 1. The van der Waals surface area contributed by atoms with Crippen LogP contribution in [0.5, 0.6) is 0 Å². The molecule has 0 aliphatic carbocycles. The lowest BCUT2D eigenvalue weighted by atomic mass is 10.1. The number of rotatable bonds is 5. The number of fused-ring (bicyclic) bond motifs is 1. The number of nitrogens with zero attached hydrogens (tertiary/aromatic N) is 4. The predicted octanol–water partition coefficient (Wildman–Crippen LogP) is 3.42. The first-order valence-corrected chi connectivity index (χ1v) is 9.11. The van der Waals surface area contributed by atoms with Crippen molar-refractivity contribution in [1.82, 2.24) is 19.6 Å². The number of anilines is 1. The Morgan fingerprint density at radius 2 is 1.96 bits per heavy atom. The third kappa shape index (κ3) is 3.82. The maximum absolute atomic E-state index is 12.5. The molecule has 7 heteroatoms. The average molecular weight is 355 g/mol. The van der Waals surface area contributed by atoms with Gasteiger partial charge in [-0.1, -0.05) is 30.8 Å². The second-order valence-corrected chi connectivity index (χ2v) is 7.26. The van der Waals surface area contributed by atoms with Crippen LogP contribution in [0.1, 0.15) is 30.8 Å². The number of carbonyl (C=O) groups excluding carboxylic acids is 1. The second kappa shape index (κ2) is 7.23. The van der Waals surface area contributed by atoms with Crippen LogP contribution < -0.4 is 5.32 Å². The van der Waals surface area contributed by atoms with E-state index in [1.54, 1.807) is 0 Å².